The third-order valence-electron chi connectivity index (χ3n) is 2.08. The highest BCUT2D eigenvalue weighted by Crippen LogP contribution is 2.39. The zero-order chi connectivity index (χ0) is 14.9. The van der Waals surface area contributed by atoms with E-state index in [-0.39, 0.29) is 17.5 Å². The van der Waals surface area contributed by atoms with Gasteiger partial charge in [0, 0.05) is 18.2 Å². The molecule has 0 saturated carbocycles. The van der Waals surface area contributed by atoms with Gasteiger partial charge in [0.1, 0.15) is 10.4 Å². The van der Waals surface area contributed by atoms with Gasteiger partial charge >= 0.3 is 6.01 Å². The van der Waals surface area contributed by atoms with E-state index < -0.39 is 4.92 Å². The van der Waals surface area contributed by atoms with Gasteiger partial charge in [0.25, 0.3) is 5.69 Å². The Kier molecular flexibility index (Phi) is 4.55. The average Bonchev–Trinajstić information content (AvgIpc) is 2.32. The summed E-state index contributed by atoms with van der Waals surface area (Å²) in [5.74, 6) is 0.545. The number of aromatic nitrogens is 2. The third kappa shape index (κ3) is 3.44. The molecule has 0 fully saturated rings. The minimum Gasteiger partial charge on any atom is -0.422 e. The van der Waals surface area contributed by atoms with E-state index in [0.29, 0.717) is 19.3 Å². The lowest BCUT2D eigenvalue weighted by Gasteiger charge is -2.08. The van der Waals surface area contributed by atoms with Crippen LogP contribution in [0.15, 0.2) is 31.7 Å². The lowest BCUT2D eigenvalue weighted by Crippen LogP contribution is -1.98. The second-order valence-electron chi connectivity index (χ2n) is 3.50. The summed E-state index contributed by atoms with van der Waals surface area (Å²) in [6.07, 6.45) is 0. The number of nitrogens with zero attached hydrogens (tertiary/aromatic N) is 3. The summed E-state index contributed by atoms with van der Waals surface area (Å²) in [7, 11) is 0. The predicted molar refractivity (Wildman–Crippen MR) is 82.7 cm³/mol. The average molecular weight is 469 g/mol. The van der Waals surface area contributed by atoms with E-state index in [1.807, 2.05) is 0 Å². The number of nitro benzene ring substituents is 1. The Morgan fingerprint density at radius 2 is 1.75 bits per heavy atom. The van der Waals surface area contributed by atoms with Crippen molar-refractivity contribution in [1.82, 2.24) is 9.97 Å². The Hall–Kier alpha value is -1.26. The minimum absolute atomic E-state index is 0.0205. The molecule has 10 heteroatoms. The lowest BCUT2D eigenvalue weighted by molar-refractivity contribution is -0.385. The number of benzene rings is 1. The van der Waals surface area contributed by atoms with Gasteiger partial charge in [0.2, 0.25) is 0 Å². The molecule has 0 aliphatic rings. The number of nitrogens with two attached hydrogens (primary N) is 1. The van der Waals surface area contributed by atoms with Crippen LogP contribution in [0.5, 0.6) is 11.8 Å². The number of nitro groups is 1. The van der Waals surface area contributed by atoms with Crippen LogP contribution in [-0.4, -0.2) is 14.9 Å². The summed E-state index contributed by atoms with van der Waals surface area (Å²) in [6, 6.07) is 4.18. The highest BCUT2D eigenvalue weighted by Gasteiger charge is 2.17. The first-order valence-corrected chi connectivity index (χ1v) is 7.36. The first-order valence-electron chi connectivity index (χ1n) is 4.98. The highest BCUT2D eigenvalue weighted by atomic mass is 79.9. The van der Waals surface area contributed by atoms with Gasteiger partial charge in [-0.15, -0.1) is 0 Å². The maximum absolute atomic E-state index is 10.7. The summed E-state index contributed by atoms with van der Waals surface area (Å²) < 4.78 is 6.73. The molecule has 1 heterocycles. The van der Waals surface area contributed by atoms with Gasteiger partial charge < -0.3 is 10.5 Å². The summed E-state index contributed by atoms with van der Waals surface area (Å²) >= 11 is 9.58. The highest BCUT2D eigenvalue weighted by molar-refractivity contribution is 9.11. The number of hydrogen-bond acceptors (Lipinski definition) is 6. The molecule has 20 heavy (non-hydrogen) atoms. The van der Waals surface area contributed by atoms with Gasteiger partial charge in [-0.25, -0.2) is 0 Å². The van der Waals surface area contributed by atoms with Crippen LogP contribution >= 0.6 is 47.8 Å². The zero-order valence-electron chi connectivity index (χ0n) is 9.51. The van der Waals surface area contributed by atoms with Crippen LogP contribution in [0.3, 0.4) is 0 Å². The summed E-state index contributed by atoms with van der Waals surface area (Å²) in [4.78, 5) is 18.1. The van der Waals surface area contributed by atoms with Gasteiger partial charge in [-0.1, -0.05) is 0 Å². The van der Waals surface area contributed by atoms with Crippen molar-refractivity contribution in [3.63, 3.8) is 0 Å². The second-order valence-corrected chi connectivity index (χ2v) is 6.02. The Balaban J connectivity index is 2.41. The number of halogens is 3. The standard InChI is InChI=1S/C10H5Br3N4O3/c11-5-1-4(17(18)19)2-6(12)9(5)20-10-15-7(13)3-8(14)16-10/h1-3H,(H2,14,15,16). The zero-order valence-corrected chi connectivity index (χ0v) is 14.3. The van der Waals surface area contributed by atoms with E-state index in [1.165, 1.54) is 18.2 Å². The van der Waals surface area contributed by atoms with E-state index in [9.17, 15) is 10.1 Å². The van der Waals surface area contributed by atoms with Crippen molar-refractivity contribution in [2.75, 3.05) is 5.73 Å². The maximum atomic E-state index is 10.7. The van der Waals surface area contributed by atoms with Gasteiger partial charge in [0.15, 0.2) is 5.75 Å². The molecule has 0 spiro atoms. The van der Waals surface area contributed by atoms with Crippen LogP contribution in [0.1, 0.15) is 0 Å². The van der Waals surface area contributed by atoms with E-state index in [1.54, 1.807) is 0 Å². The van der Waals surface area contributed by atoms with E-state index in [2.05, 4.69) is 57.8 Å². The molecule has 0 atom stereocenters. The fourth-order valence-corrected chi connectivity index (χ4v) is 3.01. The normalized spacial score (nSPS) is 10.3. The molecule has 0 saturated heterocycles. The smallest absolute Gasteiger partial charge is 0.325 e. The van der Waals surface area contributed by atoms with Crippen LogP contribution < -0.4 is 10.5 Å². The van der Waals surface area contributed by atoms with Crippen LogP contribution in [-0.2, 0) is 0 Å². The molecule has 7 nitrogen and oxygen atoms in total. The molecule has 1 aromatic carbocycles. The number of ether oxygens (including phenoxy) is 1. The SMILES string of the molecule is Nc1cc(Br)nc(Oc2c(Br)cc([N+](=O)[O-])cc2Br)n1. The molecule has 0 unspecified atom stereocenters. The Bertz CT molecular complexity index is 652. The predicted octanol–water partition coefficient (Wildman–Crippen LogP) is 4.05. The molecule has 0 aliphatic carbocycles. The van der Waals surface area contributed by atoms with Crippen molar-refractivity contribution < 1.29 is 9.66 Å². The molecule has 104 valence electrons. The molecular formula is C10H5Br3N4O3. The van der Waals surface area contributed by atoms with Crippen LogP contribution in [0, 0.1) is 10.1 Å². The molecule has 0 amide bonds. The molecule has 0 radical (unpaired) electrons. The number of non-ortho nitro benzene ring substituents is 1. The van der Waals surface area contributed by atoms with E-state index >= 15 is 0 Å². The molecule has 0 bridgehead atoms. The van der Waals surface area contributed by atoms with Crippen molar-refractivity contribution in [3.05, 3.63) is 41.9 Å². The first kappa shape index (κ1) is 15.1. The van der Waals surface area contributed by atoms with Crippen LogP contribution in [0.25, 0.3) is 0 Å². The Morgan fingerprint density at radius 1 is 1.15 bits per heavy atom. The molecule has 1 aromatic heterocycles. The van der Waals surface area contributed by atoms with Crippen molar-refractivity contribution >= 4 is 59.3 Å². The fourth-order valence-electron chi connectivity index (χ4n) is 1.30. The summed E-state index contributed by atoms with van der Waals surface area (Å²) in [6.45, 7) is 0. The Morgan fingerprint density at radius 3 is 2.25 bits per heavy atom. The second kappa shape index (κ2) is 6.02. The lowest BCUT2D eigenvalue weighted by atomic mass is 10.3. The topological polar surface area (TPSA) is 104 Å². The van der Waals surface area contributed by atoms with Gasteiger partial charge in [0.05, 0.1) is 13.9 Å². The maximum Gasteiger partial charge on any atom is 0.325 e. The minimum atomic E-state index is -0.507. The first-order chi connectivity index (χ1) is 9.36. The molecule has 2 N–H and O–H groups in total. The Labute approximate surface area is 138 Å². The number of nitrogen functional groups attached to an aromatic ring is 1. The summed E-state index contributed by atoms with van der Waals surface area (Å²) in [5.41, 5.74) is 5.50. The van der Waals surface area contributed by atoms with Crippen molar-refractivity contribution in [1.29, 1.82) is 0 Å². The summed E-state index contributed by atoms with van der Waals surface area (Å²) in [5, 5.41) is 10.7. The van der Waals surface area contributed by atoms with E-state index in [4.69, 9.17) is 10.5 Å². The third-order valence-corrected chi connectivity index (χ3v) is 3.67. The molecular weight excluding hydrogens is 464 g/mol. The number of anilines is 1. The van der Waals surface area contributed by atoms with Crippen molar-refractivity contribution in [2.45, 2.75) is 0 Å². The van der Waals surface area contributed by atoms with Crippen molar-refractivity contribution in [2.24, 2.45) is 0 Å². The molecule has 2 aromatic rings. The van der Waals surface area contributed by atoms with Gasteiger partial charge in [-0.05, 0) is 47.8 Å². The molecule has 2 rings (SSSR count). The van der Waals surface area contributed by atoms with Crippen LogP contribution in [0.4, 0.5) is 11.5 Å². The quantitative estimate of drug-likeness (QED) is 0.414. The van der Waals surface area contributed by atoms with Gasteiger partial charge in [-0.2, -0.15) is 9.97 Å². The van der Waals surface area contributed by atoms with Crippen LogP contribution in [0.2, 0.25) is 0 Å². The van der Waals surface area contributed by atoms with Gasteiger partial charge in [-0.3, -0.25) is 10.1 Å². The number of hydrogen-bond donors (Lipinski definition) is 1. The monoisotopic (exact) mass is 466 g/mol. The fraction of sp³-hybridized carbons (Fsp3) is 0. The number of rotatable bonds is 3. The van der Waals surface area contributed by atoms with Crippen molar-refractivity contribution in [3.8, 4) is 11.8 Å². The molecule has 0 aliphatic heterocycles. The largest absolute Gasteiger partial charge is 0.422 e. The van der Waals surface area contributed by atoms with E-state index in [0.717, 1.165) is 0 Å².